The molecule has 4 nitrogen and oxygen atoms in total. The van der Waals surface area contributed by atoms with Crippen LogP contribution in [0.5, 0.6) is 0 Å². The molecule has 1 saturated heterocycles. The zero-order valence-electron chi connectivity index (χ0n) is 10.1. The van der Waals surface area contributed by atoms with Crippen molar-refractivity contribution in [1.82, 2.24) is 4.90 Å². The maximum Gasteiger partial charge on any atom is 0.222 e. The average molecular weight is 236 g/mol. The topological polar surface area (TPSA) is 59.5 Å². The lowest BCUT2D eigenvalue weighted by atomic mass is 10.1. The first kappa shape index (κ1) is 12.2. The Balaban J connectivity index is 1.93. The summed E-state index contributed by atoms with van der Waals surface area (Å²) in [6.07, 6.45) is 6.74. The van der Waals surface area contributed by atoms with Crippen molar-refractivity contribution in [3.8, 4) is 0 Å². The molecule has 4 heteroatoms. The van der Waals surface area contributed by atoms with Gasteiger partial charge in [-0.25, -0.2) is 0 Å². The lowest BCUT2D eigenvalue weighted by Gasteiger charge is -2.26. The van der Waals surface area contributed by atoms with Gasteiger partial charge in [-0.3, -0.25) is 4.79 Å². The molecule has 1 amide bonds. The Hall–Kier alpha value is -1.29. The second kappa shape index (κ2) is 5.87. The number of hydrogen-bond donors (Lipinski definition) is 1. The van der Waals surface area contributed by atoms with Gasteiger partial charge in [0.15, 0.2) is 0 Å². The molecule has 0 spiro atoms. The van der Waals surface area contributed by atoms with E-state index in [4.69, 9.17) is 10.2 Å². The van der Waals surface area contributed by atoms with Gasteiger partial charge >= 0.3 is 0 Å². The highest BCUT2D eigenvalue weighted by molar-refractivity contribution is 5.76. The molecule has 0 saturated carbocycles. The lowest BCUT2D eigenvalue weighted by molar-refractivity contribution is -0.132. The minimum Gasteiger partial charge on any atom is -0.468 e. The Labute approximate surface area is 102 Å². The fourth-order valence-electron chi connectivity index (χ4n) is 2.24. The largest absolute Gasteiger partial charge is 0.468 e. The van der Waals surface area contributed by atoms with Gasteiger partial charge in [0, 0.05) is 19.5 Å². The smallest absolute Gasteiger partial charge is 0.222 e. The maximum absolute atomic E-state index is 11.9. The first-order chi connectivity index (χ1) is 8.27. The molecular formula is C13H20N2O2. The van der Waals surface area contributed by atoms with Gasteiger partial charge in [0.05, 0.1) is 12.3 Å². The summed E-state index contributed by atoms with van der Waals surface area (Å²) in [5.41, 5.74) is 6.03. The second-order valence-electron chi connectivity index (χ2n) is 4.63. The van der Waals surface area contributed by atoms with Crippen molar-refractivity contribution in [2.75, 3.05) is 13.1 Å². The Morgan fingerprint density at radius 1 is 1.35 bits per heavy atom. The molecule has 1 aliphatic rings. The predicted octanol–water partition coefficient (Wildman–Crippen LogP) is 2.07. The predicted molar refractivity (Wildman–Crippen MR) is 65.3 cm³/mol. The minimum absolute atomic E-state index is 0.214. The maximum atomic E-state index is 11.9. The van der Waals surface area contributed by atoms with Gasteiger partial charge < -0.3 is 15.1 Å². The highest BCUT2D eigenvalue weighted by Crippen LogP contribution is 2.16. The van der Waals surface area contributed by atoms with E-state index < -0.39 is 0 Å². The molecule has 1 fully saturated rings. The molecule has 1 aliphatic heterocycles. The van der Waals surface area contributed by atoms with Crippen LogP contribution >= 0.6 is 0 Å². The van der Waals surface area contributed by atoms with Crippen LogP contribution in [-0.4, -0.2) is 23.9 Å². The van der Waals surface area contributed by atoms with E-state index >= 15 is 0 Å². The van der Waals surface area contributed by atoms with Crippen molar-refractivity contribution in [2.45, 2.75) is 38.1 Å². The summed E-state index contributed by atoms with van der Waals surface area (Å²) < 4.78 is 5.27. The van der Waals surface area contributed by atoms with Gasteiger partial charge in [0.1, 0.15) is 5.76 Å². The van der Waals surface area contributed by atoms with Crippen molar-refractivity contribution in [3.63, 3.8) is 0 Å². The van der Waals surface area contributed by atoms with Gasteiger partial charge in [-0.05, 0) is 25.0 Å². The second-order valence-corrected chi connectivity index (χ2v) is 4.63. The molecule has 1 aromatic rings. The molecule has 0 bridgehead atoms. The van der Waals surface area contributed by atoms with Crippen LogP contribution in [0.15, 0.2) is 22.8 Å². The first-order valence-electron chi connectivity index (χ1n) is 6.34. The molecule has 2 heterocycles. The normalized spacial score (nSPS) is 19.8. The number of likely N-dealkylation sites (tertiary alicyclic amines) is 1. The molecule has 2 rings (SSSR count). The Kier molecular flexibility index (Phi) is 4.20. The van der Waals surface area contributed by atoms with E-state index in [1.54, 1.807) is 6.26 Å². The van der Waals surface area contributed by atoms with Crippen LogP contribution in [0.1, 0.15) is 43.9 Å². The molecule has 0 aliphatic carbocycles. The Bertz CT molecular complexity index is 348. The standard InChI is InChI=1S/C13H20N2O2/c14-11(12-6-5-9-17-12)10-15-8-4-2-1-3-7-13(15)16/h5-6,9,11H,1-4,7-8,10,14H2. The summed E-state index contributed by atoms with van der Waals surface area (Å²) >= 11 is 0. The van der Waals surface area contributed by atoms with Crippen molar-refractivity contribution in [2.24, 2.45) is 5.73 Å². The molecule has 0 radical (unpaired) electrons. The van der Waals surface area contributed by atoms with Crippen LogP contribution in [0.3, 0.4) is 0 Å². The highest BCUT2D eigenvalue weighted by Gasteiger charge is 2.19. The third-order valence-electron chi connectivity index (χ3n) is 3.25. The average Bonchev–Trinajstić information content (AvgIpc) is 2.82. The molecule has 94 valence electrons. The summed E-state index contributed by atoms with van der Waals surface area (Å²) in [4.78, 5) is 13.8. The van der Waals surface area contributed by atoms with Gasteiger partial charge in [0.25, 0.3) is 0 Å². The van der Waals surface area contributed by atoms with Crippen LogP contribution in [0.25, 0.3) is 0 Å². The number of carbonyl (C=O) groups is 1. The van der Waals surface area contributed by atoms with E-state index in [-0.39, 0.29) is 11.9 Å². The van der Waals surface area contributed by atoms with Crippen LogP contribution in [-0.2, 0) is 4.79 Å². The van der Waals surface area contributed by atoms with Crippen LogP contribution in [0.2, 0.25) is 0 Å². The van der Waals surface area contributed by atoms with E-state index in [1.165, 1.54) is 12.8 Å². The third kappa shape index (κ3) is 3.33. The SMILES string of the molecule is NC(CN1CCCCCCC1=O)c1ccco1. The molecular weight excluding hydrogens is 216 g/mol. The van der Waals surface area contributed by atoms with Crippen LogP contribution in [0.4, 0.5) is 0 Å². The van der Waals surface area contributed by atoms with Gasteiger partial charge in [0.2, 0.25) is 5.91 Å². The van der Waals surface area contributed by atoms with Crippen LogP contribution < -0.4 is 5.73 Å². The van der Waals surface area contributed by atoms with Crippen molar-refractivity contribution < 1.29 is 9.21 Å². The number of nitrogens with zero attached hydrogens (tertiary/aromatic N) is 1. The number of rotatable bonds is 3. The van der Waals surface area contributed by atoms with E-state index in [2.05, 4.69) is 0 Å². The summed E-state index contributed by atoms with van der Waals surface area (Å²) in [6, 6.07) is 3.47. The molecule has 1 atom stereocenters. The lowest BCUT2D eigenvalue weighted by Crippen LogP contribution is -2.38. The number of carbonyl (C=O) groups excluding carboxylic acids is 1. The quantitative estimate of drug-likeness (QED) is 0.874. The van der Waals surface area contributed by atoms with E-state index in [9.17, 15) is 4.79 Å². The van der Waals surface area contributed by atoms with Crippen molar-refractivity contribution in [3.05, 3.63) is 24.2 Å². The Morgan fingerprint density at radius 3 is 2.94 bits per heavy atom. The summed E-state index contributed by atoms with van der Waals surface area (Å²) in [5.74, 6) is 0.978. The molecule has 17 heavy (non-hydrogen) atoms. The monoisotopic (exact) mass is 236 g/mol. The van der Waals surface area contributed by atoms with Crippen molar-refractivity contribution in [1.29, 1.82) is 0 Å². The summed E-state index contributed by atoms with van der Waals surface area (Å²) in [6.45, 7) is 1.39. The van der Waals surface area contributed by atoms with Gasteiger partial charge in [-0.2, -0.15) is 0 Å². The van der Waals surface area contributed by atoms with Gasteiger partial charge in [-0.1, -0.05) is 12.8 Å². The fraction of sp³-hybridized carbons (Fsp3) is 0.615. The highest BCUT2D eigenvalue weighted by atomic mass is 16.3. The van der Waals surface area contributed by atoms with E-state index in [0.717, 1.165) is 25.1 Å². The van der Waals surface area contributed by atoms with E-state index in [0.29, 0.717) is 13.0 Å². The number of hydrogen-bond acceptors (Lipinski definition) is 3. The van der Waals surface area contributed by atoms with Crippen LogP contribution in [0, 0.1) is 0 Å². The van der Waals surface area contributed by atoms with Gasteiger partial charge in [-0.15, -0.1) is 0 Å². The number of amides is 1. The zero-order valence-corrected chi connectivity index (χ0v) is 10.1. The zero-order chi connectivity index (χ0) is 12.1. The number of furan rings is 1. The molecule has 1 unspecified atom stereocenters. The molecule has 1 aromatic heterocycles. The van der Waals surface area contributed by atoms with Crippen molar-refractivity contribution >= 4 is 5.91 Å². The summed E-state index contributed by atoms with van der Waals surface area (Å²) in [7, 11) is 0. The summed E-state index contributed by atoms with van der Waals surface area (Å²) in [5, 5.41) is 0. The number of nitrogens with two attached hydrogens (primary N) is 1. The Morgan fingerprint density at radius 2 is 2.18 bits per heavy atom. The third-order valence-corrected chi connectivity index (χ3v) is 3.25. The first-order valence-corrected chi connectivity index (χ1v) is 6.34. The molecule has 2 N–H and O–H groups in total. The fourth-order valence-corrected chi connectivity index (χ4v) is 2.24. The van der Waals surface area contributed by atoms with E-state index in [1.807, 2.05) is 17.0 Å². The molecule has 0 aromatic carbocycles. The minimum atomic E-state index is -0.214.